The maximum atomic E-state index is 4.28. The summed E-state index contributed by atoms with van der Waals surface area (Å²) in [7, 11) is 1.82. The molecule has 1 aromatic rings. The van der Waals surface area contributed by atoms with Crippen LogP contribution in [0.1, 0.15) is 29.5 Å². The van der Waals surface area contributed by atoms with Gasteiger partial charge < -0.3 is 10.6 Å². The van der Waals surface area contributed by atoms with Crippen LogP contribution in [0.15, 0.2) is 35.3 Å². The third-order valence-corrected chi connectivity index (χ3v) is 3.52. The molecule has 19 heavy (non-hydrogen) atoms. The Morgan fingerprint density at radius 2 is 2.00 bits per heavy atom. The highest BCUT2D eigenvalue weighted by Gasteiger charge is 2.11. The number of aryl methyl sites for hydroxylation is 2. The van der Waals surface area contributed by atoms with Crippen molar-refractivity contribution in [3.8, 4) is 0 Å². The summed E-state index contributed by atoms with van der Waals surface area (Å²) >= 11 is 0. The molecule has 3 nitrogen and oxygen atoms in total. The zero-order valence-corrected chi connectivity index (χ0v) is 12.0. The summed E-state index contributed by atoms with van der Waals surface area (Å²) in [5, 5.41) is 6.83. The second kappa shape index (κ2) is 6.41. The lowest BCUT2D eigenvalue weighted by atomic mass is 10.1. The van der Waals surface area contributed by atoms with Crippen molar-refractivity contribution in [2.75, 3.05) is 7.05 Å². The first-order chi connectivity index (χ1) is 9.19. The number of nitrogens with zero attached hydrogens (tertiary/aromatic N) is 1. The Bertz CT molecular complexity index is 481. The minimum absolute atomic E-state index is 0.491. The van der Waals surface area contributed by atoms with Gasteiger partial charge >= 0.3 is 0 Å². The zero-order chi connectivity index (χ0) is 13.7. The minimum Gasteiger partial charge on any atom is -0.353 e. The molecule has 1 aliphatic rings. The van der Waals surface area contributed by atoms with E-state index in [0.29, 0.717) is 6.04 Å². The Labute approximate surface area is 115 Å². The highest BCUT2D eigenvalue weighted by Crippen LogP contribution is 2.11. The van der Waals surface area contributed by atoms with Crippen LogP contribution in [0.25, 0.3) is 0 Å². The van der Waals surface area contributed by atoms with E-state index in [0.717, 1.165) is 25.3 Å². The van der Waals surface area contributed by atoms with Crippen LogP contribution in [0.4, 0.5) is 0 Å². The van der Waals surface area contributed by atoms with Crippen molar-refractivity contribution in [3.05, 3.63) is 47.0 Å². The Kier molecular flexibility index (Phi) is 4.61. The number of guanidine groups is 1. The second-order valence-corrected chi connectivity index (χ2v) is 5.14. The number of benzene rings is 1. The fourth-order valence-electron chi connectivity index (χ4n) is 2.35. The van der Waals surface area contributed by atoms with Gasteiger partial charge in [-0.1, -0.05) is 35.9 Å². The van der Waals surface area contributed by atoms with E-state index in [4.69, 9.17) is 0 Å². The summed E-state index contributed by atoms with van der Waals surface area (Å²) in [5.74, 6) is 0.883. The summed E-state index contributed by atoms with van der Waals surface area (Å²) in [6, 6.07) is 7.04. The van der Waals surface area contributed by atoms with Gasteiger partial charge in [0.2, 0.25) is 0 Å². The van der Waals surface area contributed by atoms with E-state index in [9.17, 15) is 0 Å². The molecule has 0 bridgehead atoms. The predicted octanol–water partition coefficient (Wildman–Crippen LogP) is 2.69. The van der Waals surface area contributed by atoms with Gasteiger partial charge in [0.25, 0.3) is 0 Å². The SMILES string of the molecule is CN=C(NCc1ccc(C)cc1C)NC1CC=CC1. The summed E-state index contributed by atoms with van der Waals surface area (Å²) in [5.41, 5.74) is 3.95. The molecule has 0 aliphatic heterocycles. The maximum Gasteiger partial charge on any atom is 0.191 e. The largest absolute Gasteiger partial charge is 0.353 e. The van der Waals surface area contributed by atoms with E-state index in [1.807, 2.05) is 7.05 Å². The van der Waals surface area contributed by atoms with E-state index in [2.05, 4.69) is 59.8 Å². The molecule has 0 fully saturated rings. The van der Waals surface area contributed by atoms with Crippen molar-refractivity contribution >= 4 is 5.96 Å². The molecule has 0 saturated carbocycles. The van der Waals surface area contributed by atoms with Crippen LogP contribution in [-0.2, 0) is 6.54 Å². The third-order valence-electron chi connectivity index (χ3n) is 3.52. The van der Waals surface area contributed by atoms with Crippen LogP contribution in [0.2, 0.25) is 0 Å². The molecule has 0 atom stereocenters. The molecule has 2 N–H and O–H groups in total. The predicted molar refractivity (Wildman–Crippen MR) is 81.4 cm³/mol. The van der Waals surface area contributed by atoms with Crippen LogP contribution >= 0.6 is 0 Å². The van der Waals surface area contributed by atoms with E-state index >= 15 is 0 Å². The maximum absolute atomic E-state index is 4.28. The molecule has 0 unspecified atom stereocenters. The van der Waals surface area contributed by atoms with Gasteiger partial charge in [0.15, 0.2) is 5.96 Å². The molecule has 0 amide bonds. The Morgan fingerprint density at radius 3 is 2.63 bits per heavy atom. The van der Waals surface area contributed by atoms with E-state index in [1.54, 1.807) is 0 Å². The van der Waals surface area contributed by atoms with E-state index in [-0.39, 0.29) is 0 Å². The van der Waals surface area contributed by atoms with Crippen molar-refractivity contribution in [2.45, 2.75) is 39.3 Å². The van der Waals surface area contributed by atoms with E-state index in [1.165, 1.54) is 16.7 Å². The molecule has 0 saturated heterocycles. The zero-order valence-electron chi connectivity index (χ0n) is 12.0. The quantitative estimate of drug-likeness (QED) is 0.496. The molecule has 1 aromatic carbocycles. The average molecular weight is 257 g/mol. The van der Waals surface area contributed by atoms with Crippen molar-refractivity contribution in [1.29, 1.82) is 0 Å². The topological polar surface area (TPSA) is 36.4 Å². The van der Waals surface area contributed by atoms with Crippen molar-refractivity contribution in [3.63, 3.8) is 0 Å². The normalized spacial score (nSPS) is 15.8. The van der Waals surface area contributed by atoms with E-state index < -0.39 is 0 Å². The summed E-state index contributed by atoms with van der Waals surface area (Å²) in [4.78, 5) is 4.28. The average Bonchev–Trinajstić information content (AvgIpc) is 2.89. The molecule has 0 spiro atoms. The molecule has 0 radical (unpaired) electrons. The van der Waals surface area contributed by atoms with Gasteiger partial charge in [0, 0.05) is 19.6 Å². The van der Waals surface area contributed by atoms with Crippen LogP contribution in [0.3, 0.4) is 0 Å². The number of hydrogen-bond acceptors (Lipinski definition) is 1. The first kappa shape index (κ1) is 13.7. The number of rotatable bonds is 3. The third kappa shape index (κ3) is 3.85. The van der Waals surface area contributed by atoms with Gasteiger partial charge in [-0.05, 0) is 37.8 Å². The van der Waals surface area contributed by atoms with Gasteiger partial charge in [-0.2, -0.15) is 0 Å². The first-order valence-corrected chi connectivity index (χ1v) is 6.87. The van der Waals surface area contributed by atoms with Crippen LogP contribution in [-0.4, -0.2) is 19.0 Å². The van der Waals surface area contributed by atoms with Gasteiger partial charge in [0.05, 0.1) is 0 Å². The highest BCUT2D eigenvalue weighted by atomic mass is 15.2. The standard InChI is InChI=1S/C16H23N3/c1-12-8-9-14(13(2)10-12)11-18-16(17-3)19-15-6-4-5-7-15/h4-5,8-10,15H,6-7,11H2,1-3H3,(H2,17,18,19). The Hall–Kier alpha value is -1.77. The second-order valence-electron chi connectivity index (χ2n) is 5.14. The summed E-state index contributed by atoms with van der Waals surface area (Å²) in [6.45, 7) is 5.09. The smallest absolute Gasteiger partial charge is 0.191 e. The Balaban J connectivity index is 1.89. The van der Waals surface area contributed by atoms with Crippen LogP contribution in [0, 0.1) is 13.8 Å². The lowest BCUT2D eigenvalue weighted by molar-refractivity contribution is 0.633. The number of hydrogen-bond donors (Lipinski definition) is 2. The van der Waals surface area contributed by atoms with Gasteiger partial charge in [-0.3, -0.25) is 4.99 Å². The molecule has 0 heterocycles. The molecule has 3 heteroatoms. The lowest BCUT2D eigenvalue weighted by Gasteiger charge is -2.17. The molecular weight excluding hydrogens is 234 g/mol. The molecule has 2 rings (SSSR count). The van der Waals surface area contributed by atoms with Crippen molar-refractivity contribution in [2.24, 2.45) is 4.99 Å². The fraction of sp³-hybridized carbons (Fsp3) is 0.438. The highest BCUT2D eigenvalue weighted by molar-refractivity contribution is 5.80. The van der Waals surface area contributed by atoms with Gasteiger partial charge in [0.1, 0.15) is 0 Å². The monoisotopic (exact) mass is 257 g/mol. The summed E-state index contributed by atoms with van der Waals surface area (Å²) in [6.07, 6.45) is 6.61. The Morgan fingerprint density at radius 1 is 1.26 bits per heavy atom. The van der Waals surface area contributed by atoms with Gasteiger partial charge in [-0.25, -0.2) is 0 Å². The van der Waals surface area contributed by atoms with Gasteiger partial charge in [-0.15, -0.1) is 0 Å². The van der Waals surface area contributed by atoms with Crippen LogP contribution < -0.4 is 10.6 Å². The molecular formula is C16H23N3. The molecule has 102 valence electrons. The summed E-state index contributed by atoms with van der Waals surface area (Å²) < 4.78 is 0. The van der Waals surface area contributed by atoms with Crippen LogP contribution in [0.5, 0.6) is 0 Å². The lowest BCUT2D eigenvalue weighted by Crippen LogP contribution is -2.42. The minimum atomic E-state index is 0.491. The van der Waals surface area contributed by atoms with Crippen molar-refractivity contribution < 1.29 is 0 Å². The first-order valence-electron chi connectivity index (χ1n) is 6.87. The number of aliphatic imine (C=N–C) groups is 1. The fourth-order valence-corrected chi connectivity index (χ4v) is 2.35. The molecule has 1 aliphatic carbocycles. The number of nitrogens with one attached hydrogen (secondary N) is 2. The molecule has 0 aromatic heterocycles. The van der Waals surface area contributed by atoms with Crippen molar-refractivity contribution in [1.82, 2.24) is 10.6 Å².